The average molecular weight is 437 g/mol. The molecule has 5 heteroatoms. The number of hydrogen-bond acceptors (Lipinski definition) is 2. The average Bonchev–Trinajstić information content (AvgIpc) is 2.55. The Kier molecular flexibility index (Phi) is 11.3. The Morgan fingerprint density at radius 3 is 2.39 bits per heavy atom. The van der Waals surface area contributed by atoms with Gasteiger partial charge in [-0.05, 0) is 51.4 Å². The van der Waals surface area contributed by atoms with Crippen molar-refractivity contribution in [2.75, 3.05) is 13.1 Å². The first kappa shape index (κ1) is 21.0. The normalized spacial score (nSPS) is 26.4. The summed E-state index contributed by atoms with van der Waals surface area (Å²) < 4.78 is 0. The van der Waals surface area contributed by atoms with Crippen LogP contribution in [0, 0.1) is 5.92 Å². The number of rotatable bonds is 6. The lowest BCUT2D eigenvalue weighted by molar-refractivity contribution is 0.120. The Labute approximate surface area is 159 Å². The van der Waals surface area contributed by atoms with E-state index in [2.05, 4.69) is 17.6 Å². The van der Waals surface area contributed by atoms with Crippen LogP contribution in [0.4, 0.5) is 0 Å². The monoisotopic (exact) mass is 437 g/mol. The van der Waals surface area contributed by atoms with Crippen LogP contribution in [0.25, 0.3) is 0 Å². The molecule has 2 saturated carbocycles. The maximum atomic E-state index is 9.59. The standard InChI is InChI=1S/C18H35N3O.HI/c1-2-19-18(21-16-10-12-17(22)13-11-16)20-14-6-9-15-7-4-3-5-8-15;/h15-17,22H,2-14H2,1H3,(H2,19,20,21);1H. The predicted molar refractivity (Wildman–Crippen MR) is 109 cm³/mol. The van der Waals surface area contributed by atoms with Gasteiger partial charge in [0, 0.05) is 19.1 Å². The molecule has 0 aliphatic heterocycles. The first-order valence-corrected chi connectivity index (χ1v) is 9.51. The summed E-state index contributed by atoms with van der Waals surface area (Å²) in [7, 11) is 0. The van der Waals surface area contributed by atoms with Crippen LogP contribution in [0.3, 0.4) is 0 Å². The highest BCUT2D eigenvalue weighted by Crippen LogP contribution is 2.27. The molecule has 0 unspecified atom stereocenters. The lowest BCUT2D eigenvalue weighted by Crippen LogP contribution is -2.45. The molecule has 0 amide bonds. The lowest BCUT2D eigenvalue weighted by atomic mass is 9.86. The quantitative estimate of drug-likeness (QED) is 0.256. The third-order valence-corrected chi connectivity index (χ3v) is 5.15. The number of hydrogen-bond donors (Lipinski definition) is 3. The van der Waals surface area contributed by atoms with Gasteiger partial charge in [0.05, 0.1) is 6.10 Å². The molecular formula is C18H36IN3O. The third-order valence-electron chi connectivity index (χ3n) is 5.15. The van der Waals surface area contributed by atoms with Crippen LogP contribution < -0.4 is 10.6 Å². The van der Waals surface area contributed by atoms with Gasteiger partial charge in [0.15, 0.2) is 5.96 Å². The summed E-state index contributed by atoms with van der Waals surface area (Å²) in [4.78, 5) is 4.74. The maximum Gasteiger partial charge on any atom is 0.191 e. The minimum atomic E-state index is -0.0898. The summed E-state index contributed by atoms with van der Waals surface area (Å²) in [5, 5.41) is 16.5. The van der Waals surface area contributed by atoms with Gasteiger partial charge in [-0.3, -0.25) is 4.99 Å². The Balaban J connectivity index is 0.00000264. The number of halogens is 1. The van der Waals surface area contributed by atoms with Gasteiger partial charge in [0.1, 0.15) is 0 Å². The minimum Gasteiger partial charge on any atom is -0.393 e. The van der Waals surface area contributed by atoms with E-state index in [0.29, 0.717) is 6.04 Å². The van der Waals surface area contributed by atoms with E-state index in [1.165, 1.54) is 44.9 Å². The molecule has 0 heterocycles. The summed E-state index contributed by atoms with van der Waals surface area (Å²) in [5.41, 5.74) is 0. The predicted octanol–water partition coefficient (Wildman–Crippen LogP) is 3.82. The van der Waals surface area contributed by atoms with Gasteiger partial charge in [0.2, 0.25) is 0 Å². The zero-order valence-electron chi connectivity index (χ0n) is 14.7. The van der Waals surface area contributed by atoms with Crippen LogP contribution >= 0.6 is 24.0 Å². The second kappa shape index (κ2) is 12.3. The van der Waals surface area contributed by atoms with E-state index in [0.717, 1.165) is 50.7 Å². The largest absolute Gasteiger partial charge is 0.393 e. The summed E-state index contributed by atoms with van der Waals surface area (Å²) in [5.74, 6) is 1.92. The van der Waals surface area contributed by atoms with Gasteiger partial charge in [-0.15, -0.1) is 24.0 Å². The lowest BCUT2D eigenvalue weighted by Gasteiger charge is -2.27. The van der Waals surface area contributed by atoms with Crippen LogP contribution in [0.2, 0.25) is 0 Å². The van der Waals surface area contributed by atoms with E-state index in [4.69, 9.17) is 4.99 Å². The van der Waals surface area contributed by atoms with Crippen molar-refractivity contribution in [3.8, 4) is 0 Å². The molecular weight excluding hydrogens is 401 g/mol. The van der Waals surface area contributed by atoms with Crippen LogP contribution in [-0.2, 0) is 0 Å². The number of nitrogens with one attached hydrogen (secondary N) is 2. The van der Waals surface area contributed by atoms with E-state index in [9.17, 15) is 5.11 Å². The van der Waals surface area contributed by atoms with Gasteiger partial charge < -0.3 is 15.7 Å². The zero-order valence-corrected chi connectivity index (χ0v) is 17.1. The summed E-state index contributed by atoms with van der Waals surface area (Å²) in [6, 6.07) is 0.472. The molecule has 4 nitrogen and oxygen atoms in total. The first-order valence-electron chi connectivity index (χ1n) is 9.51. The van der Waals surface area contributed by atoms with Crippen molar-refractivity contribution in [3.05, 3.63) is 0 Å². The maximum absolute atomic E-state index is 9.59. The summed E-state index contributed by atoms with van der Waals surface area (Å²) in [6.45, 7) is 3.95. The zero-order chi connectivity index (χ0) is 15.6. The molecule has 2 fully saturated rings. The van der Waals surface area contributed by atoms with E-state index in [1.807, 2.05) is 0 Å². The molecule has 0 aromatic heterocycles. The smallest absolute Gasteiger partial charge is 0.191 e. The molecule has 0 atom stereocenters. The van der Waals surface area contributed by atoms with Gasteiger partial charge in [-0.25, -0.2) is 0 Å². The van der Waals surface area contributed by atoms with Gasteiger partial charge in [0.25, 0.3) is 0 Å². The van der Waals surface area contributed by atoms with Crippen molar-refractivity contribution in [3.63, 3.8) is 0 Å². The molecule has 2 aliphatic carbocycles. The number of guanidine groups is 1. The second-order valence-electron chi connectivity index (χ2n) is 7.06. The van der Waals surface area contributed by atoms with Crippen LogP contribution in [0.5, 0.6) is 0 Å². The van der Waals surface area contributed by atoms with Crippen molar-refractivity contribution in [1.29, 1.82) is 0 Å². The van der Waals surface area contributed by atoms with Crippen LogP contribution in [0.1, 0.15) is 77.6 Å². The van der Waals surface area contributed by atoms with E-state index in [-0.39, 0.29) is 30.1 Å². The molecule has 3 N–H and O–H groups in total. The fourth-order valence-corrected chi connectivity index (χ4v) is 3.78. The molecule has 2 aliphatic rings. The number of aliphatic hydroxyl groups excluding tert-OH is 1. The molecule has 0 aromatic carbocycles. The number of aliphatic hydroxyl groups is 1. The molecule has 0 spiro atoms. The Bertz CT molecular complexity index is 324. The van der Waals surface area contributed by atoms with Crippen molar-refractivity contribution in [1.82, 2.24) is 10.6 Å². The Morgan fingerprint density at radius 2 is 1.74 bits per heavy atom. The summed E-state index contributed by atoms with van der Waals surface area (Å²) in [6.07, 6.45) is 13.6. The molecule has 23 heavy (non-hydrogen) atoms. The number of nitrogens with zero attached hydrogens (tertiary/aromatic N) is 1. The van der Waals surface area contributed by atoms with E-state index in [1.54, 1.807) is 0 Å². The third kappa shape index (κ3) is 8.57. The van der Waals surface area contributed by atoms with Crippen LogP contribution in [-0.4, -0.2) is 36.3 Å². The summed E-state index contributed by atoms with van der Waals surface area (Å²) >= 11 is 0. The van der Waals surface area contributed by atoms with Crippen molar-refractivity contribution in [2.45, 2.75) is 89.7 Å². The fraction of sp³-hybridized carbons (Fsp3) is 0.944. The highest BCUT2D eigenvalue weighted by atomic mass is 127. The minimum absolute atomic E-state index is 0. The highest BCUT2D eigenvalue weighted by Gasteiger charge is 2.20. The highest BCUT2D eigenvalue weighted by molar-refractivity contribution is 14.0. The molecule has 0 aromatic rings. The second-order valence-corrected chi connectivity index (χ2v) is 7.06. The van der Waals surface area contributed by atoms with Crippen molar-refractivity contribution < 1.29 is 5.11 Å². The molecule has 136 valence electrons. The van der Waals surface area contributed by atoms with Gasteiger partial charge in [-0.1, -0.05) is 32.1 Å². The van der Waals surface area contributed by atoms with Gasteiger partial charge in [-0.2, -0.15) is 0 Å². The first-order chi connectivity index (χ1) is 10.8. The molecule has 0 bridgehead atoms. The van der Waals surface area contributed by atoms with E-state index >= 15 is 0 Å². The van der Waals surface area contributed by atoms with Crippen molar-refractivity contribution in [2.24, 2.45) is 10.9 Å². The Morgan fingerprint density at radius 1 is 1.04 bits per heavy atom. The topological polar surface area (TPSA) is 56.7 Å². The number of aliphatic imine (C=N–C) groups is 1. The molecule has 2 rings (SSSR count). The fourth-order valence-electron chi connectivity index (χ4n) is 3.78. The van der Waals surface area contributed by atoms with Crippen molar-refractivity contribution >= 4 is 29.9 Å². The Hall–Kier alpha value is -0.0400. The van der Waals surface area contributed by atoms with Gasteiger partial charge >= 0.3 is 0 Å². The SMILES string of the molecule is CCNC(=NCCCC1CCCCC1)NC1CCC(O)CC1.I. The molecule has 0 radical (unpaired) electrons. The van der Waals surface area contributed by atoms with E-state index < -0.39 is 0 Å². The van der Waals surface area contributed by atoms with Crippen LogP contribution in [0.15, 0.2) is 4.99 Å². The molecule has 0 saturated heterocycles.